The number of methoxy groups -OCH3 is 1. The first-order valence-electron chi connectivity index (χ1n) is 8.08. The van der Waals surface area contributed by atoms with Gasteiger partial charge in [0, 0.05) is 23.5 Å². The van der Waals surface area contributed by atoms with Gasteiger partial charge in [-0.15, -0.1) is 0 Å². The molecule has 2 N–H and O–H groups in total. The first-order chi connectivity index (χ1) is 12.5. The van der Waals surface area contributed by atoms with E-state index in [1.165, 1.54) is 6.20 Å². The van der Waals surface area contributed by atoms with E-state index in [-0.39, 0.29) is 5.57 Å². The molecule has 0 unspecified atom stereocenters. The Kier molecular flexibility index (Phi) is 7.07. The summed E-state index contributed by atoms with van der Waals surface area (Å²) in [6, 6.07) is 14.8. The first kappa shape index (κ1) is 19.4. The SMILES string of the molecule is COc1ccccc1CCN/C=C(/C#N)C(=O)Nc1cc(Cl)ccc1C. The molecule has 1 amide bonds. The van der Waals surface area contributed by atoms with Crippen molar-refractivity contribution in [3.8, 4) is 11.8 Å². The number of nitrogens with one attached hydrogen (secondary N) is 2. The zero-order valence-corrected chi connectivity index (χ0v) is 15.4. The zero-order valence-electron chi connectivity index (χ0n) is 14.7. The lowest BCUT2D eigenvalue weighted by Gasteiger charge is -2.09. The van der Waals surface area contributed by atoms with Crippen LogP contribution in [0.3, 0.4) is 0 Å². The standard InChI is InChI=1S/C20H20ClN3O2/c1-14-7-8-17(21)11-18(14)24-20(25)16(12-22)13-23-10-9-15-5-3-4-6-19(15)26-2/h3-8,11,13,23H,9-10H2,1-2H3,(H,24,25)/b16-13-. The molecule has 134 valence electrons. The van der Waals surface area contributed by atoms with E-state index in [1.54, 1.807) is 25.3 Å². The molecule has 0 heterocycles. The molecule has 0 radical (unpaired) electrons. The van der Waals surface area contributed by atoms with Crippen LogP contribution in [0.1, 0.15) is 11.1 Å². The molecule has 0 aliphatic carbocycles. The van der Waals surface area contributed by atoms with Crippen molar-refractivity contribution in [3.63, 3.8) is 0 Å². The highest BCUT2D eigenvalue weighted by atomic mass is 35.5. The van der Waals surface area contributed by atoms with Gasteiger partial charge in [0.05, 0.1) is 7.11 Å². The maximum atomic E-state index is 12.3. The number of amides is 1. The number of nitriles is 1. The smallest absolute Gasteiger partial charge is 0.267 e. The van der Waals surface area contributed by atoms with E-state index in [1.807, 2.05) is 37.3 Å². The van der Waals surface area contributed by atoms with E-state index >= 15 is 0 Å². The Morgan fingerprint density at radius 3 is 2.81 bits per heavy atom. The molecular weight excluding hydrogens is 350 g/mol. The quantitative estimate of drug-likeness (QED) is 0.442. The van der Waals surface area contributed by atoms with Crippen molar-refractivity contribution < 1.29 is 9.53 Å². The molecule has 0 fully saturated rings. The summed E-state index contributed by atoms with van der Waals surface area (Å²) in [4.78, 5) is 12.3. The average Bonchev–Trinajstić information content (AvgIpc) is 2.65. The molecule has 2 aromatic rings. The molecule has 6 heteroatoms. The lowest BCUT2D eigenvalue weighted by atomic mass is 10.1. The van der Waals surface area contributed by atoms with Crippen LogP contribution in [0.25, 0.3) is 0 Å². The minimum Gasteiger partial charge on any atom is -0.496 e. The van der Waals surface area contributed by atoms with Crippen LogP contribution in [0.5, 0.6) is 5.75 Å². The first-order valence-corrected chi connectivity index (χ1v) is 8.46. The van der Waals surface area contributed by atoms with Gasteiger partial charge in [-0.1, -0.05) is 35.9 Å². The minimum absolute atomic E-state index is 0.00981. The summed E-state index contributed by atoms with van der Waals surface area (Å²) in [5.41, 5.74) is 2.49. The predicted molar refractivity (Wildman–Crippen MR) is 103 cm³/mol. The fraction of sp³-hybridized carbons (Fsp3) is 0.200. The van der Waals surface area contributed by atoms with Gasteiger partial charge >= 0.3 is 0 Å². The molecule has 26 heavy (non-hydrogen) atoms. The Balaban J connectivity index is 1.96. The number of carbonyl (C=O) groups is 1. The molecule has 0 aromatic heterocycles. The summed E-state index contributed by atoms with van der Waals surface area (Å²) in [5, 5.41) is 15.5. The van der Waals surface area contributed by atoms with Crippen LogP contribution in [-0.4, -0.2) is 19.6 Å². The monoisotopic (exact) mass is 369 g/mol. The number of hydrogen-bond donors (Lipinski definition) is 2. The highest BCUT2D eigenvalue weighted by Gasteiger charge is 2.11. The number of ether oxygens (including phenoxy) is 1. The normalized spacial score (nSPS) is 10.8. The zero-order chi connectivity index (χ0) is 18.9. The molecule has 0 aliphatic rings. The van der Waals surface area contributed by atoms with Gasteiger partial charge in [-0.2, -0.15) is 5.26 Å². The maximum Gasteiger partial charge on any atom is 0.267 e. The van der Waals surface area contributed by atoms with Gasteiger partial charge in [0.1, 0.15) is 17.4 Å². The second kappa shape index (κ2) is 9.50. The average molecular weight is 370 g/mol. The predicted octanol–water partition coefficient (Wildman–Crippen LogP) is 3.84. The number of rotatable bonds is 7. The number of para-hydroxylation sites is 1. The summed E-state index contributed by atoms with van der Waals surface area (Å²) < 4.78 is 5.30. The van der Waals surface area contributed by atoms with E-state index in [4.69, 9.17) is 16.3 Å². The molecule has 0 aliphatic heterocycles. The molecular formula is C20H20ClN3O2. The number of halogens is 1. The summed E-state index contributed by atoms with van der Waals surface area (Å²) >= 11 is 5.95. The van der Waals surface area contributed by atoms with Gasteiger partial charge in [-0.05, 0) is 42.7 Å². The van der Waals surface area contributed by atoms with Crippen molar-refractivity contribution >= 4 is 23.2 Å². The third kappa shape index (κ3) is 5.27. The molecule has 0 spiro atoms. The Morgan fingerprint density at radius 2 is 2.08 bits per heavy atom. The topological polar surface area (TPSA) is 74.1 Å². The highest BCUT2D eigenvalue weighted by Crippen LogP contribution is 2.20. The Hall–Kier alpha value is -2.97. The minimum atomic E-state index is -0.484. The van der Waals surface area contributed by atoms with Crippen LogP contribution < -0.4 is 15.4 Å². The molecule has 2 rings (SSSR count). The summed E-state index contributed by atoms with van der Waals surface area (Å²) in [6.07, 6.45) is 2.12. The molecule has 0 saturated carbocycles. The van der Waals surface area contributed by atoms with Gasteiger partial charge in [0.25, 0.3) is 5.91 Å². The van der Waals surface area contributed by atoms with Gasteiger partial charge in [0.15, 0.2) is 0 Å². The van der Waals surface area contributed by atoms with E-state index < -0.39 is 5.91 Å². The van der Waals surface area contributed by atoms with Crippen LogP contribution in [0.4, 0.5) is 5.69 Å². The fourth-order valence-electron chi connectivity index (χ4n) is 2.36. The van der Waals surface area contributed by atoms with Crippen molar-refractivity contribution in [2.45, 2.75) is 13.3 Å². The van der Waals surface area contributed by atoms with Gasteiger partial charge in [-0.25, -0.2) is 0 Å². The molecule has 0 atom stereocenters. The Bertz CT molecular complexity index is 856. The van der Waals surface area contributed by atoms with Crippen molar-refractivity contribution in [2.75, 3.05) is 19.0 Å². The summed E-state index contributed by atoms with van der Waals surface area (Å²) in [5.74, 6) is 0.329. The largest absolute Gasteiger partial charge is 0.496 e. The molecule has 5 nitrogen and oxygen atoms in total. The van der Waals surface area contributed by atoms with Crippen LogP contribution in [0, 0.1) is 18.3 Å². The van der Waals surface area contributed by atoms with E-state index in [0.29, 0.717) is 23.7 Å². The second-order valence-corrected chi connectivity index (χ2v) is 6.04. The number of aryl methyl sites for hydroxylation is 1. The Morgan fingerprint density at radius 1 is 1.31 bits per heavy atom. The van der Waals surface area contributed by atoms with E-state index in [9.17, 15) is 10.1 Å². The highest BCUT2D eigenvalue weighted by molar-refractivity contribution is 6.31. The van der Waals surface area contributed by atoms with Crippen molar-refractivity contribution in [3.05, 3.63) is 70.4 Å². The van der Waals surface area contributed by atoms with Crippen molar-refractivity contribution in [1.29, 1.82) is 5.26 Å². The summed E-state index contributed by atoms with van der Waals surface area (Å²) in [6.45, 7) is 2.42. The third-order valence-corrected chi connectivity index (χ3v) is 4.03. The third-order valence-electron chi connectivity index (χ3n) is 3.79. The maximum absolute atomic E-state index is 12.3. The van der Waals surface area contributed by atoms with Crippen molar-refractivity contribution in [1.82, 2.24) is 5.32 Å². The fourth-order valence-corrected chi connectivity index (χ4v) is 2.53. The number of benzene rings is 2. The lowest BCUT2D eigenvalue weighted by molar-refractivity contribution is -0.112. The molecule has 2 aromatic carbocycles. The summed E-state index contributed by atoms with van der Waals surface area (Å²) in [7, 11) is 1.63. The molecule has 0 bridgehead atoms. The lowest BCUT2D eigenvalue weighted by Crippen LogP contribution is -2.18. The van der Waals surface area contributed by atoms with Gasteiger partial charge in [0.2, 0.25) is 0 Å². The van der Waals surface area contributed by atoms with Crippen LogP contribution in [0.2, 0.25) is 5.02 Å². The number of nitrogens with zero attached hydrogens (tertiary/aromatic N) is 1. The van der Waals surface area contributed by atoms with E-state index in [0.717, 1.165) is 16.9 Å². The van der Waals surface area contributed by atoms with Gasteiger partial charge in [-0.3, -0.25) is 4.79 Å². The second-order valence-electron chi connectivity index (χ2n) is 5.60. The van der Waals surface area contributed by atoms with Crippen LogP contribution >= 0.6 is 11.6 Å². The van der Waals surface area contributed by atoms with Gasteiger partial charge < -0.3 is 15.4 Å². The van der Waals surface area contributed by atoms with Crippen LogP contribution in [0.15, 0.2) is 54.2 Å². The number of anilines is 1. The van der Waals surface area contributed by atoms with E-state index in [2.05, 4.69) is 10.6 Å². The Labute approximate surface area is 158 Å². The number of carbonyl (C=O) groups excluding carboxylic acids is 1. The van der Waals surface area contributed by atoms with Crippen molar-refractivity contribution in [2.24, 2.45) is 0 Å². The number of hydrogen-bond acceptors (Lipinski definition) is 4. The van der Waals surface area contributed by atoms with Crippen LogP contribution in [-0.2, 0) is 11.2 Å². The molecule has 0 saturated heterocycles.